The Kier molecular flexibility index (Phi) is 5.16. The molecule has 2 aliphatic heterocycles. The van der Waals surface area contributed by atoms with Crippen LogP contribution in [0.3, 0.4) is 0 Å². The van der Waals surface area contributed by atoms with E-state index < -0.39 is 51.1 Å². The number of rotatable bonds is 4. The molecule has 0 aromatic heterocycles. The SMILES string of the molecule is O=C(N1C2CCC1CC(S(=O)(=O)c1ccccc1)C2)C(F)(F)C(F)(F)C(F)(F)F. The van der Waals surface area contributed by atoms with Gasteiger partial charge >= 0.3 is 23.9 Å². The fraction of sp³-hybridized carbons (Fsp3) is 0.588. The van der Waals surface area contributed by atoms with Gasteiger partial charge in [-0.2, -0.15) is 30.7 Å². The van der Waals surface area contributed by atoms with Crippen LogP contribution in [-0.4, -0.2) is 54.6 Å². The Morgan fingerprint density at radius 2 is 1.38 bits per heavy atom. The summed E-state index contributed by atoms with van der Waals surface area (Å²) in [5.41, 5.74) is 0. The van der Waals surface area contributed by atoms with Crippen LogP contribution < -0.4 is 0 Å². The molecule has 1 amide bonds. The smallest absolute Gasteiger partial charge is 0.331 e. The first-order valence-electron chi connectivity index (χ1n) is 8.65. The maximum Gasteiger partial charge on any atom is 0.460 e. The first-order chi connectivity index (χ1) is 13.2. The molecule has 0 aliphatic carbocycles. The maximum absolute atomic E-state index is 13.9. The summed E-state index contributed by atoms with van der Waals surface area (Å²) in [5, 5.41) is -1.05. The molecule has 1 aromatic carbocycles. The van der Waals surface area contributed by atoms with Gasteiger partial charge in [0.2, 0.25) is 0 Å². The number of piperidine rings is 1. The summed E-state index contributed by atoms with van der Waals surface area (Å²) in [4.78, 5) is 12.4. The predicted octanol–water partition coefficient (Wildman–Crippen LogP) is 3.82. The lowest BCUT2D eigenvalue weighted by molar-refractivity contribution is -0.346. The molecule has 4 nitrogen and oxygen atoms in total. The highest BCUT2D eigenvalue weighted by Crippen LogP contribution is 2.49. The van der Waals surface area contributed by atoms with Gasteiger partial charge in [-0.25, -0.2) is 8.42 Å². The highest BCUT2D eigenvalue weighted by molar-refractivity contribution is 7.92. The standard InChI is InChI=1S/C17H16F7NO3S/c18-15(19,16(20,21)17(22,23)24)14(26)25-10-6-7-11(25)9-13(8-10)29(27,28)12-4-2-1-3-5-12/h1-5,10-11,13H,6-9H2. The third kappa shape index (κ3) is 3.38. The fourth-order valence-corrected chi connectivity index (χ4v) is 5.86. The quantitative estimate of drug-likeness (QED) is 0.660. The van der Waals surface area contributed by atoms with Crippen molar-refractivity contribution in [3.05, 3.63) is 30.3 Å². The highest BCUT2D eigenvalue weighted by Gasteiger charge is 2.77. The highest BCUT2D eigenvalue weighted by atomic mass is 32.2. The Morgan fingerprint density at radius 3 is 1.83 bits per heavy atom. The third-order valence-corrected chi connectivity index (χ3v) is 7.65. The van der Waals surface area contributed by atoms with E-state index in [9.17, 15) is 43.9 Å². The summed E-state index contributed by atoms with van der Waals surface area (Å²) >= 11 is 0. The van der Waals surface area contributed by atoms with E-state index in [1.807, 2.05) is 0 Å². The summed E-state index contributed by atoms with van der Waals surface area (Å²) in [7, 11) is -3.88. The first-order valence-corrected chi connectivity index (χ1v) is 10.2. The Hall–Kier alpha value is -1.85. The van der Waals surface area contributed by atoms with E-state index in [0.29, 0.717) is 4.90 Å². The number of carbonyl (C=O) groups is 1. The number of hydrogen-bond donors (Lipinski definition) is 0. The van der Waals surface area contributed by atoms with Crippen molar-refractivity contribution >= 4 is 15.7 Å². The number of amides is 1. The molecule has 12 heteroatoms. The van der Waals surface area contributed by atoms with Crippen molar-refractivity contribution in [2.75, 3.05) is 0 Å². The van der Waals surface area contributed by atoms with Crippen molar-refractivity contribution in [1.29, 1.82) is 0 Å². The molecule has 0 radical (unpaired) electrons. The summed E-state index contributed by atoms with van der Waals surface area (Å²) in [5.74, 6) is -15.1. The largest absolute Gasteiger partial charge is 0.460 e. The molecule has 2 atom stereocenters. The predicted molar refractivity (Wildman–Crippen MR) is 86.3 cm³/mol. The van der Waals surface area contributed by atoms with Gasteiger partial charge in [-0.15, -0.1) is 0 Å². The number of carbonyl (C=O) groups excluding carboxylic acids is 1. The second-order valence-corrected chi connectivity index (χ2v) is 9.42. The molecule has 2 saturated heterocycles. The van der Waals surface area contributed by atoms with Crippen molar-refractivity contribution in [3.63, 3.8) is 0 Å². The Balaban J connectivity index is 1.85. The lowest BCUT2D eigenvalue weighted by Gasteiger charge is -2.41. The monoisotopic (exact) mass is 447 g/mol. The van der Waals surface area contributed by atoms with Crippen LogP contribution in [0.5, 0.6) is 0 Å². The van der Waals surface area contributed by atoms with E-state index in [2.05, 4.69) is 0 Å². The number of sulfone groups is 1. The Labute approximate surface area is 161 Å². The van der Waals surface area contributed by atoms with Crippen LogP contribution in [0.15, 0.2) is 35.2 Å². The van der Waals surface area contributed by atoms with Gasteiger partial charge in [0, 0.05) is 12.1 Å². The topological polar surface area (TPSA) is 54.5 Å². The molecule has 29 heavy (non-hydrogen) atoms. The molecule has 3 rings (SSSR count). The Bertz CT molecular complexity index is 872. The number of benzene rings is 1. The molecular formula is C17H16F7NO3S. The molecule has 2 fully saturated rings. The van der Waals surface area contributed by atoms with Gasteiger partial charge in [-0.05, 0) is 37.8 Å². The summed E-state index contributed by atoms with van der Waals surface area (Å²) in [6, 6.07) is 4.94. The molecule has 2 heterocycles. The summed E-state index contributed by atoms with van der Waals surface area (Å²) < 4.78 is 117. The van der Waals surface area contributed by atoms with Crippen molar-refractivity contribution in [2.24, 2.45) is 0 Å². The zero-order valence-electron chi connectivity index (χ0n) is 14.7. The van der Waals surface area contributed by atoms with Crippen LogP contribution in [0.25, 0.3) is 0 Å². The number of halogens is 7. The van der Waals surface area contributed by atoms with Crippen LogP contribution in [-0.2, 0) is 14.6 Å². The van der Waals surface area contributed by atoms with Crippen LogP contribution >= 0.6 is 0 Å². The molecule has 2 aliphatic rings. The van der Waals surface area contributed by atoms with E-state index in [1.165, 1.54) is 24.3 Å². The zero-order valence-corrected chi connectivity index (χ0v) is 15.5. The average Bonchev–Trinajstić information content (AvgIpc) is 2.89. The van der Waals surface area contributed by atoms with Crippen molar-refractivity contribution in [1.82, 2.24) is 4.90 Å². The van der Waals surface area contributed by atoms with Crippen molar-refractivity contribution < 1.29 is 43.9 Å². The lowest BCUT2D eigenvalue weighted by Crippen LogP contribution is -2.63. The molecule has 2 unspecified atom stereocenters. The van der Waals surface area contributed by atoms with Gasteiger partial charge < -0.3 is 4.90 Å². The van der Waals surface area contributed by atoms with Gasteiger partial charge in [-0.3, -0.25) is 4.79 Å². The van der Waals surface area contributed by atoms with Crippen molar-refractivity contribution in [3.8, 4) is 0 Å². The molecule has 2 bridgehead atoms. The molecule has 162 valence electrons. The zero-order chi connectivity index (χ0) is 21.8. The van der Waals surface area contributed by atoms with Crippen LogP contribution in [0.2, 0.25) is 0 Å². The van der Waals surface area contributed by atoms with Crippen LogP contribution in [0, 0.1) is 0 Å². The van der Waals surface area contributed by atoms with E-state index >= 15 is 0 Å². The minimum Gasteiger partial charge on any atom is -0.331 e. The molecular weight excluding hydrogens is 431 g/mol. The number of alkyl halides is 7. The molecule has 1 aromatic rings. The first kappa shape index (κ1) is 21.8. The van der Waals surface area contributed by atoms with Crippen molar-refractivity contribution in [2.45, 2.75) is 65.9 Å². The lowest BCUT2D eigenvalue weighted by atomic mass is 9.99. The molecule has 0 N–H and O–H groups in total. The van der Waals surface area contributed by atoms with Crippen LogP contribution in [0.1, 0.15) is 25.7 Å². The second kappa shape index (κ2) is 6.85. The third-order valence-electron chi connectivity index (χ3n) is 5.45. The minimum atomic E-state index is -6.61. The van der Waals surface area contributed by atoms with Crippen LogP contribution in [0.4, 0.5) is 30.7 Å². The number of hydrogen-bond acceptors (Lipinski definition) is 3. The van der Waals surface area contributed by atoms with Gasteiger partial charge in [0.1, 0.15) is 0 Å². The van der Waals surface area contributed by atoms with Gasteiger partial charge in [0.15, 0.2) is 9.84 Å². The second-order valence-electron chi connectivity index (χ2n) is 7.20. The molecule has 0 saturated carbocycles. The van der Waals surface area contributed by atoms with Gasteiger partial charge in [0.05, 0.1) is 10.1 Å². The van der Waals surface area contributed by atoms with E-state index in [4.69, 9.17) is 0 Å². The van der Waals surface area contributed by atoms with Gasteiger partial charge in [0.25, 0.3) is 0 Å². The molecule has 0 spiro atoms. The van der Waals surface area contributed by atoms with Gasteiger partial charge in [-0.1, -0.05) is 18.2 Å². The number of nitrogens with zero attached hydrogens (tertiary/aromatic N) is 1. The average molecular weight is 447 g/mol. The maximum atomic E-state index is 13.9. The fourth-order valence-electron chi connectivity index (χ4n) is 3.99. The summed E-state index contributed by atoms with van der Waals surface area (Å²) in [6.07, 6.45) is -7.14. The van der Waals surface area contributed by atoms with E-state index in [1.54, 1.807) is 6.07 Å². The summed E-state index contributed by atoms with van der Waals surface area (Å²) in [6.45, 7) is 0. The normalized spacial score (nSPS) is 25.9. The van der Waals surface area contributed by atoms with E-state index in [-0.39, 0.29) is 30.6 Å². The number of fused-ring (bicyclic) bond motifs is 2. The Morgan fingerprint density at radius 1 is 0.897 bits per heavy atom. The van der Waals surface area contributed by atoms with E-state index in [0.717, 1.165) is 0 Å². The minimum absolute atomic E-state index is 0.0156.